The van der Waals surface area contributed by atoms with E-state index in [0.29, 0.717) is 11.4 Å². The molecule has 0 spiro atoms. The molecule has 2 aromatic carbocycles. The number of carbonyl (C=O) groups excluding carboxylic acids is 1. The summed E-state index contributed by atoms with van der Waals surface area (Å²) in [6.07, 6.45) is 0. The number of para-hydroxylation sites is 2. The number of hydrogen-bond donors (Lipinski definition) is 1. The van der Waals surface area contributed by atoms with Gasteiger partial charge in [-0.1, -0.05) is 36.4 Å². The lowest BCUT2D eigenvalue weighted by atomic mass is 10.2. The van der Waals surface area contributed by atoms with E-state index >= 15 is 0 Å². The van der Waals surface area contributed by atoms with Gasteiger partial charge in [0.05, 0.1) is 5.69 Å². The summed E-state index contributed by atoms with van der Waals surface area (Å²) in [5.41, 5.74) is 2.08. The van der Waals surface area contributed by atoms with E-state index in [4.69, 9.17) is 0 Å². The molecule has 9 heteroatoms. The molecule has 134 valence electrons. The maximum atomic E-state index is 12.4. The van der Waals surface area contributed by atoms with Crippen LogP contribution in [0.5, 0.6) is 0 Å². The van der Waals surface area contributed by atoms with Crippen LogP contribution in [0.3, 0.4) is 0 Å². The fourth-order valence-corrected chi connectivity index (χ4v) is 3.56. The predicted molar refractivity (Wildman–Crippen MR) is 96.5 cm³/mol. The van der Waals surface area contributed by atoms with Crippen LogP contribution in [0, 0.1) is 6.92 Å². The minimum Gasteiger partial charge on any atom is -0.325 e. The number of anilines is 1. The molecule has 0 aliphatic carbocycles. The molecular weight excluding hydrogens is 354 g/mol. The minimum absolute atomic E-state index is 0.153. The first-order valence-electron chi connectivity index (χ1n) is 7.83. The largest absolute Gasteiger partial charge is 0.325 e. The second-order valence-corrected chi connectivity index (χ2v) is 7.80. The zero-order valence-corrected chi connectivity index (χ0v) is 14.8. The Bertz CT molecular complexity index is 1020. The Balaban J connectivity index is 1.71. The molecule has 8 nitrogen and oxygen atoms in total. The second-order valence-electron chi connectivity index (χ2n) is 5.74. The number of nitrogens with one attached hydrogen (secondary N) is 1. The van der Waals surface area contributed by atoms with Gasteiger partial charge in [0, 0.05) is 5.69 Å². The molecule has 0 aliphatic heterocycles. The number of benzene rings is 2. The number of tetrazole rings is 1. The number of sulfone groups is 1. The van der Waals surface area contributed by atoms with Gasteiger partial charge in [0.15, 0.2) is 15.7 Å². The van der Waals surface area contributed by atoms with E-state index in [1.807, 2.05) is 25.1 Å². The number of aryl methyl sites for hydroxylation is 1. The molecule has 0 saturated carbocycles. The maximum absolute atomic E-state index is 12.4. The molecule has 0 atom stereocenters. The number of nitrogens with zero attached hydrogens (tertiary/aromatic N) is 4. The zero-order chi connectivity index (χ0) is 18.6. The van der Waals surface area contributed by atoms with Gasteiger partial charge in [-0.2, -0.15) is 4.68 Å². The normalized spacial score (nSPS) is 11.3. The summed E-state index contributed by atoms with van der Waals surface area (Å²) in [4.78, 5) is 12.1. The lowest BCUT2D eigenvalue weighted by Crippen LogP contribution is -2.25. The standard InChI is InChI=1S/C17H17N5O3S/c1-13-7-5-6-10-15(13)18-17(23)12-26(24,25)11-16-19-20-21-22(16)14-8-3-2-4-9-14/h2-10H,11-12H2,1H3,(H,18,23). The number of amides is 1. The minimum atomic E-state index is -3.74. The first-order chi connectivity index (χ1) is 12.4. The fraction of sp³-hybridized carbons (Fsp3) is 0.176. The third-order valence-electron chi connectivity index (χ3n) is 3.65. The molecule has 3 aromatic rings. The molecule has 3 rings (SSSR count). The summed E-state index contributed by atoms with van der Waals surface area (Å²) >= 11 is 0. The van der Waals surface area contributed by atoms with Crippen molar-refractivity contribution >= 4 is 21.4 Å². The van der Waals surface area contributed by atoms with E-state index in [1.54, 1.807) is 36.4 Å². The van der Waals surface area contributed by atoms with Gasteiger partial charge < -0.3 is 5.32 Å². The van der Waals surface area contributed by atoms with Crippen molar-refractivity contribution in [3.63, 3.8) is 0 Å². The molecule has 0 saturated heterocycles. The van der Waals surface area contributed by atoms with Crippen LogP contribution in [0.1, 0.15) is 11.4 Å². The molecule has 0 unspecified atom stereocenters. The smallest absolute Gasteiger partial charge is 0.239 e. The molecular formula is C17H17N5O3S. The fourth-order valence-electron chi connectivity index (χ4n) is 2.41. The van der Waals surface area contributed by atoms with Gasteiger partial charge >= 0.3 is 0 Å². The molecule has 1 heterocycles. The van der Waals surface area contributed by atoms with E-state index < -0.39 is 27.3 Å². The quantitative estimate of drug-likeness (QED) is 0.704. The molecule has 1 N–H and O–H groups in total. The van der Waals surface area contributed by atoms with Crippen molar-refractivity contribution in [2.24, 2.45) is 0 Å². The monoisotopic (exact) mass is 371 g/mol. The lowest BCUT2D eigenvalue weighted by molar-refractivity contribution is -0.113. The van der Waals surface area contributed by atoms with E-state index in [9.17, 15) is 13.2 Å². The average Bonchev–Trinajstić information content (AvgIpc) is 3.04. The molecule has 26 heavy (non-hydrogen) atoms. The number of hydrogen-bond acceptors (Lipinski definition) is 6. The highest BCUT2D eigenvalue weighted by Gasteiger charge is 2.22. The topological polar surface area (TPSA) is 107 Å². The Labute approximate surface area is 150 Å². The second kappa shape index (κ2) is 7.44. The van der Waals surface area contributed by atoms with Crippen molar-refractivity contribution in [3.8, 4) is 5.69 Å². The van der Waals surface area contributed by atoms with Crippen LogP contribution in [-0.2, 0) is 20.4 Å². The van der Waals surface area contributed by atoms with Crippen LogP contribution >= 0.6 is 0 Å². The third-order valence-corrected chi connectivity index (χ3v) is 5.05. The van der Waals surface area contributed by atoms with E-state index in [-0.39, 0.29) is 5.82 Å². The number of aromatic nitrogens is 4. The first kappa shape index (κ1) is 17.7. The summed E-state index contributed by atoms with van der Waals surface area (Å²) in [5.74, 6) is -1.53. The Morgan fingerprint density at radius 1 is 1.08 bits per heavy atom. The van der Waals surface area contributed by atoms with Crippen LogP contribution in [0.25, 0.3) is 5.69 Å². The van der Waals surface area contributed by atoms with Gasteiger partial charge in [0.25, 0.3) is 0 Å². The van der Waals surface area contributed by atoms with Crippen molar-refractivity contribution in [2.45, 2.75) is 12.7 Å². The summed E-state index contributed by atoms with van der Waals surface area (Å²) in [6.45, 7) is 1.83. The Morgan fingerprint density at radius 2 is 1.77 bits per heavy atom. The molecule has 0 radical (unpaired) electrons. The Kier molecular flexibility index (Phi) is 5.08. The molecule has 0 bridgehead atoms. The van der Waals surface area contributed by atoms with Gasteiger partial charge in [-0.3, -0.25) is 4.79 Å². The summed E-state index contributed by atoms with van der Waals surface area (Å²) in [6, 6.07) is 16.1. The van der Waals surface area contributed by atoms with Gasteiger partial charge in [0.1, 0.15) is 11.5 Å². The van der Waals surface area contributed by atoms with Crippen molar-refractivity contribution in [1.82, 2.24) is 20.2 Å². The average molecular weight is 371 g/mol. The Hall–Kier alpha value is -3.07. The highest BCUT2D eigenvalue weighted by atomic mass is 32.2. The van der Waals surface area contributed by atoms with Gasteiger partial charge in [0.2, 0.25) is 5.91 Å². The highest BCUT2D eigenvalue weighted by Crippen LogP contribution is 2.14. The van der Waals surface area contributed by atoms with Crippen molar-refractivity contribution in [2.75, 3.05) is 11.1 Å². The summed E-state index contributed by atoms with van der Waals surface area (Å²) < 4.78 is 26.1. The van der Waals surface area contributed by atoms with Crippen LogP contribution in [0.2, 0.25) is 0 Å². The van der Waals surface area contributed by atoms with Crippen molar-refractivity contribution in [1.29, 1.82) is 0 Å². The van der Waals surface area contributed by atoms with E-state index in [2.05, 4.69) is 20.8 Å². The Morgan fingerprint density at radius 3 is 2.50 bits per heavy atom. The molecule has 1 aromatic heterocycles. The van der Waals surface area contributed by atoms with Crippen LogP contribution in [0.4, 0.5) is 5.69 Å². The van der Waals surface area contributed by atoms with Gasteiger partial charge in [-0.25, -0.2) is 8.42 Å². The number of carbonyl (C=O) groups is 1. The van der Waals surface area contributed by atoms with Crippen LogP contribution < -0.4 is 5.32 Å². The van der Waals surface area contributed by atoms with Crippen molar-refractivity contribution in [3.05, 3.63) is 66.0 Å². The molecule has 0 aliphatic rings. The summed E-state index contributed by atoms with van der Waals surface area (Å²) in [5, 5.41) is 13.7. The van der Waals surface area contributed by atoms with E-state index in [0.717, 1.165) is 5.56 Å². The third kappa shape index (κ3) is 4.31. The zero-order valence-electron chi connectivity index (χ0n) is 14.0. The van der Waals surface area contributed by atoms with Gasteiger partial charge in [-0.05, 0) is 41.1 Å². The highest BCUT2D eigenvalue weighted by molar-refractivity contribution is 7.91. The van der Waals surface area contributed by atoms with Crippen LogP contribution in [0.15, 0.2) is 54.6 Å². The van der Waals surface area contributed by atoms with Crippen molar-refractivity contribution < 1.29 is 13.2 Å². The molecule has 1 amide bonds. The summed E-state index contributed by atoms with van der Waals surface area (Å²) in [7, 11) is -3.74. The molecule has 0 fully saturated rings. The lowest BCUT2D eigenvalue weighted by Gasteiger charge is -2.09. The van der Waals surface area contributed by atoms with Crippen LogP contribution in [-0.4, -0.2) is 40.3 Å². The SMILES string of the molecule is Cc1ccccc1NC(=O)CS(=O)(=O)Cc1nnnn1-c1ccccc1. The first-order valence-corrected chi connectivity index (χ1v) is 9.65. The van der Waals surface area contributed by atoms with E-state index in [1.165, 1.54) is 4.68 Å². The maximum Gasteiger partial charge on any atom is 0.239 e. The number of rotatable bonds is 6. The van der Waals surface area contributed by atoms with Gasteiger partial charge in [-0.15, -0.1) is 5.10 Å². The predicted octanol–water partition coefficient (Wildman–Crippen LogP) is 1.52.